The minimum absolute atomic E-state index is 0.0343. The molecule has 0 atom stereocenters. The Morgan fingerprint density at radius 3 is 2.33 bits per heavy atom. The first kappa shape index (κ1) is 20.9. The number of likely N-dealkylation sites (N-methyl/N-ethyl adjacent to an activating group) is 1. The smallest absolute Gasteiger partial charge is 0.244 e. The average molecular weight is 391 g/mol. The fraction of sp³-hybridized carbons (Fsp3) is 0.350. The number of hydrogen-bond acceptors (Lipinski definition) is 4. The van der Waals surface area contributed by atoms with Gasteiger partial charge in [0.1, 0.15) is 10.6 Å². The summed E-state index contributed by atoms with van der Waals surface area (Å²) in [4.78, 5) is 14.1. The van der Waals surface area contributed by atoms with Crippen LogP contribution in [-0.2, 0) is 21.4 Å². The van der Waals surface area contributed by atoms with Crippen LogP contribution in [0.25, 0.3) is 0 Å². The van der Waals surface area contributed by atoms with E-state index in [0.717, 1.165) is 16.7 Å². The number of amides is 1. The van der Waals surface area contributed by atoms with E-state index >= 15 is 0 Å². The van der Waals surface area contributed by atoms with Gasteiger partial charge in [-0.25, -0.2) is 13.1 Å². The zero-order chi connectivity index (χ0) is 20.0. The zero-order valence-corrected chi connectivity index (χ0v) is 17.0. The summed E-state index contributed by atoms with van der Waals surface area (Å²) < 4.78 is 33.0. The van der Waals surface area contributed by atoms with Crippen LogP contribution in [0.2, 0.25) is 0 Å². The SMILES string of the molecule is CCN(Cc1ccccc1)C(=O)CNS(=O)(=O)c1cc(C)c(C)cc1OC. The van der Waals surface area contributed by atoms with Crippen molar-refractivity contribution in [1.82, 2.24) is 9.62 Å². The lowest BCUT2D eigenvalue weighted by Crippen LogP contribution is -2.39. The summed E-state index contributed by atoms with van der Waals surface area (Å²) in [5.41, 5.74) is 2.76. The summed E-state index contributed by atoms with van der Waals surface area (Å²) in [6.45, 7) is 6.19. The van der Waals surface area contributed by atoms with Gasteiger partial charge >= 0.3 is 0 Å². The second kappa shape index (κ2) is 9.01. The number of carbonyl (C=O) groups is 1. The van der Waals surface area contributed by atoms with Gasteiger partial charge in [0.25, 0.3) is 0 Å². The zero-order valence-electron chi connectivity index (χ0n) is 16.2. The molecule has 2 aromatic carbocycles. The third-order valence-electron chi connectivity index (χ3n) is 4.43. The molecule has 0 aliphatic heterocycles. The topological polar surface area (TPSA) is 75.7 Å². The van der Waals surface area contributed by atoms with Crippen LogP contribution in [-0.4, -0.2) is 39.4 Å². The highest BCUT2D eigenvalue weighted by Crippen LogP contribution is 2.27. The van der Waals surface area contributed by atoms with E-state index in [9.17, 15) is 13.2 Å². The number of aryl methyl sites for hydroxylation is 2. The molecule has 6 nitrogen and oxygen atoms in total. The van der Waals surface area contributed by atoms with Crippen LogP contribution in [0.5, 0.6) is 5.75 Å². The minimum Gasteiger partial charge on any atom is -0.495 e. The molecule has 0 aromatic heterocycles. The fourth-order valence-corrected chi connectivity index (χ4v) is 3.87. The summed E-state index contributed by atoms with van der Waals surface area (Å²) >= 11 is 0. The molecule has 0 saturated carbocycles. The van der Waals surface area contributed by atoms with Crippen LogP contribution in [0.1, 0.15) is 23.6 Å². The first-order chi connectivity index (χ1) is 12.8. The Morgan fingerprint density at radius 2 is 1.74 bits per heavy atom. The molecule has 0 spiro atoms. The van der Waals surface area contributed by atoms with E-state index in [1.54, 1.807) is 17.0 Å². The highest BCUT2D eigenvalue weighted by molar-refractivity contribution is 7.89. The van der Waals surface area contributed by atoms with E-state index in [1.807, 2.05) is 51.1 Å². The van der Waals surface area contributed by atoms with Crippen molar-refractivity contribution in [3.05, 3.63) is 59.2 Å². The van der Waals surface area contributed by atoms with Gasteiger partial charge in [-0.05, 0) is 49.6 Å². The molecule has 0 radical (unpaired) electrons. The first-order valence-corrected chi connectivity index (χ1v) is 10.2. The number of rotatable bonds is 8. The first-order valence-electron chi connectivity index (χ1n) is 8.75. The van der Waals surface area contributed by atoms with Gasteiger partial charge in [0, 0.05) is 13.1 Å². The maximum Gasteiger partial charge on any atom is 0.244 e. The van der Waals surface area contributed by atoms with Gasteiger partial charge < -0.3 is 9.64 Å². The van der Waals surface area contributed by atoms with Crippen LogP contribution in [0.3, 0.4) is 0 Å². The fourth-order valence-electron chi connectivity index (χ4n) is 2.66. The molecule has 146 valence electrons. The number of nitrogens with one attached hydrogen (secondary N) is 1. The van der Waals surface area contributed by atoms with Gasteiger partial charge in [-0.3, -0.25) is 4.79 Å². The summed E-state index contributed by atoms with van der Waals surface area (Å²) in [5.74, 6) is -0.0255. The lowest BCUT2D eigenvalue weighted by molar-refractivity contribution is -0.130. The van der Waals surface area contributed by atoms with Crippen molar-refractivity contribution in [3.63, 3.8) is 0 Å². The Kier molecular flexibility index (Phi) is 6.98. The lowest BCUT2D eigenvalue weighted by atomic mass is 10.1. The van der Waals surface area contributed by atoms with Crippen molar-refractivity contribution >= 4 is 15.9 Å². The Bertz CT molecular complexity index is 896. The molecule has 2 rings (SSSR count). The average Bonchev–Trinajstić information content (AvgIpc) is 2.66. The van der Waals surface area contributed by atoms with E-state index in [2.05, 4.69) is 4.72 Å². The summed E-state index contributed by atoms with van der Waals surface area (Å²) in [6.07, 6.45) is 0. The molecule has 0 saturated heterocycles. The highest BCUT2D eigenvalue weighted by atomic mass is 32.2. The largest absolute Gasteiger partial charge is 0.495 e. The molecule has 0 aliphatic rings. The van der Waals surface area contributed by atoms with Gasteiger partial charge in [-0.2, -0.15) is 0 Å². The molecule has 0 bridgehead atoms. The molecular weight excluding hydrogens is 364 g/mol. The molecule has 1 N–H and O–H groups in total. The quantitative estimate of drug-likeness (QED) is 0.752. The van der Waals surface area contributed by atoms with Gasteiger partial charge in [0.15, 0.2) is 0 Å². The number of sulfonamides is 1. The van der Waals surface area contributed by atoms with Crippen LogP contribution in [0.15, 0.2) is 47.4 Å². The number of ether oxygens (including phenoxy) is 1. The predicted molar refractivity (Wildman–Crippen MR) is 105 cm³/mol. The number of nitrogens with zero attached hydrogens (tertiary/aromatic N) is 1. The third kappa shape index (κ3) is 5.30. The van der Waals surface area contributed by atoms with Crippen molar-refractivity contribution in [2.45, 2.75) is 32.2 Å². The lowest BCUT2D eigenvalue weighted by Gasteiger charge is -2.21. The highest BCUT2D eigenvalue weighted by Gasteiger charge is 2.22. The van der Waals surface area contributed by atoms with E-state index in [-0.39, 0.29) is 23.1 Å². The molecule has 7 heteroatoms. The van der Waals surface area contributed by atoms with Crippen molar-refractivity contribution < 1.29 is 17.9 Å². The number of methoxy groups -OCH3 is 1. The Balaban J connectivity index is 2.12. The van der Waals surface area contributed by atoms with Crippen LogP contribution in [0, 0.1) is 13.8 Å². The Labute approximate surface area is 161 Å². The summed E-state index contributed by atoms with van der Waals surface area (Å²) in [6, 6.07) is 12.8. The number of carbonyl (C=O) groups excluding carboxylic acids is 1. The van der Waals surface area contributed by atoms with Gasteiger partial charge in [-0.15, -0.1) is 0 Å². The molecule has 2 aromatic rings. The Hall–Kier alpha value is -2.38. The van der Waals surface area contributed by atoms with E-state index in [4.69, 9.17) is 4.74 Å². The van der Waals surface area contributed by atoms with Crippen LogP contribution in [0.4, 0.5) is 0 Å². The van der Waals surface area contributed by atoms with E-state index in [0.29, 0.717) is 13.1 Å². The molecular formula is C20H26N2O4S. The van der Waals surface area contributed by atoms with E-state index < -0.39 is 10.0 Å². The Morgan fingerprint density at radius 1 is 1.11 bits per heavy atom. The summed E-state index contributed by atoms with van der Waals surface area (Å²) in [5, 5.41) is 0. The molecule has 0 aliphatic carbocycles. The maximum atomic E-state index is 12.7. The minimum atomic E-state index is -3.87. The van der Waals surface area contributed by atoms with Crippen molar-refractivity contribution in [2.75, 3.05) is 20.2 Å². The number of hydrogen-bond donors (Lipinski definition) is 1. The molecule has 27 heavy (non-hydrogen) atoms. The van der Waals surface area contributed by atoms with Crippen molar-refractivity contribution in [3.8, 4) is 5.75 Å². The second-order valence-electron chi connectivity index (χ2n) is 6.31. The van der Waals surface area contributed by atoms with Crippen LogP contribution >= 0.6 is 0 Å². The second-order valence-corrected chi connectivity index (χ2v) is 8.04. The molecule has 0 heterocycles. The van der Waals surface area contributed by atoms with Gasteiger partial charge in [0.05, 0.1) is 13.7 Å². The van der Waals surface area contributed by atoms with E-state index in [1.165, 1.54) is 7.11 Å². The molecule has 1 amide bonds. The van der Waals surface area contributed by atoms with Gasteiger partial charge in [-0.1, -0.05) is 30.3 Å². The maximum absolute atomic E-state index is 12.7. The number of benzene rings is 2. The van der Waals surface area contributed by atoms with Crippen molar-refractivity contribution in [1.29, 1.82) is 0 Å². The predicted octanol–water partition coefficient (Wildman–Crippen LogP) is 2.64. The summed E-state index contributed by atoms with van der Waals surface area (Å²) in [7, 11) is -2.45. The molecule has 0 unspecified atom stereocenters. The monoisotopic (exact) mass is 390 g/mol. The van der Waals surface area contributed by atoms with Crippen LogP contribution < -0.4 is 9.46 Å². The normalized spacial score (nSPS) is 11.3. The van der Waals surface area contributed by atoms with Gasteiger partial charge in [0.2, 0.25) is 15.9 Å². The molecule has 0 fully saturated rings. The van der Waals surface area contributed by atoms with Crippen molar-refractivity contribution in [2.24, 2.45) is 0 Å². The standard InChI is InChI=1S/C20H26N2O4S/c1-5-22(14-17-9-7-6-8-10-17)20(23)13-21-27(24,25)19-12-16(3)15(2)11-18(19)26-4/h6-12,21H,5,13-14H2,1-4H3. The third-order valence-corrected chi connectivity index (χ3v) is 5.86.